The average molecular weight is 248 g/mol. The predicted octanol–water partition coefficient (Wildman–Crippen LogP) is 1.54. The first-order valence-electron chi connectivity index (χ1n) is 6.50. The lowest BCUT2D eigenvalue weighted by molar-refractivity contribution is -0.127. The Morgan fingerprint density at radius 2 is 2.17 bits per heavy atom. The molecule has 1 heterocycles. The van der Waals surface area contributed by atoms with E-state index in [4.69, 9.17) is 10.5 Å². The van der Waals surface area contributed by atoms with Crippen molar-refractivity contribution in [2.75, 3.05) is 19.7 Å². The Morgan fingerprint density at radius 1 is 1.33 bits per heavy atom. The van der Waals surface area contributed by atoms with E-state index < -0.39 is 0 Å². The van der Waals surface area contributed by atoms with Crippen LogP contribution in [0, 0.1) is 0 Å². The first-order chi connectivity index (χ1) is 8.81. The van der Waals surface area contributed by atoms with Crippen LogP contribution in [0.3, 0.4) is 0 Å². The number of para-hydroxylation sites is 1. The fourth-order valence-corrected chi connectivity index (χ4v) is 2.19. The lowest BCUT2D eigenvalue weighted by atomic mass is 10.2. The van der Waals surface area contributed by atoms with Gasteiger partial charge in [0.15, 0.2) is 0 Å². The van der Waals surface area contributed by atoms with Gasteiger partial charge in [0.1, 0.15) is 5.75 Å². The third-order valence-electron chi connectivity index (χ3n) is 3.19. The van der Waals surface area contributed by atoms with Crippen LogP contribution in [0.15, 0.2) is 24.3 Å². The molecule has 0 aliphatic carbocycles. The van der Waals surface area contributed by atoms with Crippen LogP contribution in [0.1, 0.15) is 24.8 Å². The largest absolute Gasteiger partial charge is 0.493 e. The van der Waals surface area contributed by atoms with Crippen LogP contribution in [0.2, 0.25) is 0 Å². The summed E-state index contributed by atoms with van der Waals surface area (Å²) in [7, 11) is 0. The smallest absolute Gasteiger partial charge is 0.222 e. The average Bonchev–Trinajstić information content (AvgIpc) is 2.81. The van der Waals surface area contributed by atoms with Gasteiger partial charge in [0, 0.05) is 31.6 Å². The summed E-state index contributed by atoms with van der Waals surface area (Å²) in [5, 5.41) is 0. The lowest BCUT2D eigenvalue weighted by Gasteiger charge is -2.16. The quantitative estimate of drug-likeness (QED) is 0.777. The molecule has 98 valence electrons. The number of hydrogen-bond donors (Lipinski definition) is 1. The molecule has 0 saturated carbocycles. The van der Waals surface area contributed by atoms with Gasteiger partial charge in [0.2, 0.25) is 5.91 Å². The van der Waals surface area contributed by atoms with Gasteiger partial charge >= 0.3 is 0 Å². The van der Waals surface area contributed by atoms with E-state index in [0.717, 1.165) is 37.2 Å². The van der Waals surface area contributed by atoms with E-state index in [9.17, 15) is 4.79 Å². The lowest BCUT2D eigenvalue weighted by Crippen LogP contribution is -2.26. The minimum Gasteiger partial charge on any atom is -0.493 e. The molecule has 4 heteroatoms. The van der Waals surface area contributed by atoms with Crippen molar-refractivity contribution in [1.29, 1.82) is 0 Å². The summed E-state index contributed by atoms with van der Waals surface area (Å²) >= 11 is 0. The highest BCUT2D eigenvalue weighted by Crippen LogP contribution is 2.17. The molecule has 1 amide bonds. The van der Waals surface area contributed by atoms with Crippen molar-refractivity contribution in [3.05, 3.63) is 29.8 Å². The Bertz CT molecular complexity index is 407. The Hall–Kier alpha value is -1.55. The number of nitrogens with two attached hydrogens (primary N) is 1. The van der Waals surface area contributed by atoms with Crippen molar-refractivity contribution in [1.82, 2.24) is 4.90 Å². The Morgan fingerprint density at radius 3 is 2.89 bits per heavy atom. The first-order valence-corrected chi connectivity index (χ1v) is 6.50. The second-order valence-corrected chi connectivity index (χ2v) is 4.50. The zero-order valence-corrected chi connectivity index (χ0v) is 10.6. The summed E-state index contributed by atoms with van der Waals surface area (Å²) in [6.07, 6.45) is 2.57. The topological polar surface area (TPSA) is 55.6 Å². The highest BCUT2D eigenvalue weighted by molar-refractivity contribution is 5.77. The van der Waals surface area contributed by atoms with Gasteiger partial charge in [0.05, 0.1) is 6.61 Å². The van der Waals surface area contributed by atoms with Gasteiger partial charge in [-0.3, -0.25) is 4.79 Å². The SMILES string of the molecule is NCc1ccccc1OCCCN1CCCC1=O. The van der Waals surface area contributed by atoms with Crippen molar-refractivity contribution >= 4 is 5.91 Å². The van der Waals surface area contributed by atoms with Crippen LogP contribution >= 0.6 is 0 Å². The van der Waals surface area contributed by atoms with Crippen LogP contribution < -0.4 is 10.5 Å². The molecule has 2 N–H and O–H groups in total. The van der Waals surface area contributed by atoms with Gasteiger partial charge in [-0.2, -0.15) is 0 Å². The van der Waals surface area contributed by atoms with E-state index in [1.165, 1.54) is 0 Å². The second-order valence-electron chi connectivity index (χ2n) is 4.50. The molecule has 1 aliphatic heterocycles. The molecule has 1 aromatic carbocycles. The molecule has 0 unspecified atom stereocenters. The fourth-order valence-electron chi connectivity index (χ4n) is 2.19. The first kappa shape index (κ1) is 12.9. The highest BCUT2D eigenvalue weighted by Gasteiger charge is 2.18. The molecular formula is C14H20N2O2. The summed E-state index contributed by atoms with van der Waals surface area (Å²) in [6, 6.07) is 7.80. The van der Waals surface area contributed by atoms with E-state index in [0.29, 0.717) is 19.6 Å². The van der Waals surface area contributed by atoms with Gasteiger partial charge in [-0.05, 0) is 18.9 Å². The maximum atomic E-state index is 11.4. The van der Waals surface area contributed by atoms with Crippen LogP contribution in [0.5, 0.6) is 5.75 Å². The van der Waals surface area contributed by atoms with E-state index in [1.54, 1.807) is 0 Å². The van der Waals surface area contributed by atoms with E-state index in [2.05, 4.69) is 0 Å². The number of carbonyl (C=O) groups is 1. The summed E-state index contributed by atoms with van der Waals surface area (Å²) in [5.41, 5.74) is 6.66. The van der Waals surface area contributed by atoms with Gasteiger partial charge in [-0.15, -0.1) is 0 Å². The molecule has 0 atom stereocenters. The maximum absolute atomic E-state index is 11.4. The number of carbonyl (C=O) groups excluding carboxylic acids is 1. The van der Waals surface area contributed by atoms with Gasteiger partial charge in [-0.25, -0.2) is 0 Å². The minimum absolute atomic E-state index is 0.275. The summed E-state index contributed by atoms with van der Waals surface area (Å²) in [4.78, 5) is 13.3. The summed E-state index contributed by atoms with van der Waals surface area (Å²) < 4.78 is 5.71. The number of likely N-dealkylation sites (tertiary alicyclic amines) is 1. The molecular weight excluding hydrogens is 228 g/mol. The number of benzene rings is 1. The number of amides is 1. The Labute approximate surface area is 108 Å². The zero-order valence-electron chi connectivity index (χ0n) is 10.6. The van der Waals surface area contributed by atoms with Crippen LogP contribution in [0.4, 0.5) is 0 Å². The van der Waals surface area contributed by atoms with Gasteiger partial charge < -0.3 is 15.4 Å². The zero-order chi connectivity index (χ0) is 12.8. The minimum atomic E-state index is 0.275. The van der Waals surface area contributed by atoms with Gasteiger partial charge in [-0.1, -0.05) is 18.2 Å². The fraction of sp³-hybridized carbons (Fsp3) is 0.500. The van der Waals surface area contributed by atoms with Crippen molar-refractivity contribution < 1.29 is 9.53 Å². The van der Waals surface area contributed by atoms with Crippen LogP contribution in [-0.4, -0.2) is 30.5 Å². The normalized spacial score (nSPS) is 15.2. The third kappa shape index (κ3) is 3.23. The number of ether oxygens (including phenoxy) is 1. The van der Waals surface area contributed by atoms with Crippen molar-refractivity contribution in [3.63, 3.8) is 0 Å². The monoisotopic (exact) mass is 248 g/mol. The van der Waals surface area contributed by atoms with Crippen molar-refractivity contribution in [2.45, 2.75) is 25.8 Å². The molecule has 0 radical (unpaired) electrons. The highest BCUT2D eigenvalue weighted by atomic mass is 16.5. The Balaban J connectivity index is 1.73. The maximum Gasteiger partial charge on any atom is 0.222 e. The van der Waals surface area contributed by atoms with E-state index in [-0.39, 0.29) is 5.91 Å². The van der Waals surface area contributed by atoms with Crippen LogP contribution in [0.25, 0.3) is 0 Å². The molecule has 1 aromatic rings. The van der Waals surface area contributed by atoms with E-state index in [1.807, 2.05) is 29.2 Å². The summed E-state index contributed by atoms with van der Waals surface area (Å²) in [6.45, 7) is 2.81. The number of hydrogen-bond acceptors (Lipinski definition) is 3. The molecule has 0 aromatic heterocycles. The Kier molecular flexibility index (Phi) is 4.59. The van der Waals surface area contributed by atoms with Gasteiger partial charge in [0.25, 0.3) is 0 Å². The standard InChI is InChI=1S/C14H20N2O2/c15-11-12-5-1-2-6-13(12)18-10-4-9-16-8-3-7-14(16)17/h1-2,5-6H,3-4,7-11,15H2. The second kappa shape index (κ2) is 6.40. The van der Waals surface area contributed by atoms with Crippen molar-refractivity contribution in [3.8, 4) is 5.75 Å². The number of nitrogens with zero attached hydrogens (tertiary/aromatic N) is 1. The molecule has 0 bridgehead atoms. The number of rotatable bonds is 6. The molecule has 18 heavy (non-hydrogen) atoms. The summed E-state index contributed by atoms with van der Waals surface area (Å²) in [5.74, 6) is 1.13. The molecule has 1 saturated heterocycles. The van der Waals surface area contributed by atoms with Crippen molar-refractivity contribution in [2.24, 2.45) is 5.73 Å². The molecule has 1 fully saturated rings. The van der Waals surface area contributed by atoms with Crippen LogP contribution in [-0.2, 0) is 11.3 Å². The van der Waals surface area contributed by atoms with E-state index >= 15 is 0 Å². The predicted molar refractivity (Wildman–Crippen MR) is 70.3 cm³/mol. The third-order valence-corrected chi connectivity index (χ3v) is 3.19. The molecule has 4 nitrogen and oxygen atoms in total. The molecule has 1 aliphatic rings. The molecule has 0 spiro atoms. The molecule has 2 rings (SSSR count).